The topological polar surface area (TPSA) is 136 Å². The molecule has 0 heterocycles. The summed E-state index contributed by atoms with van der Waals surface area (Å²) in [6, 6.07) is -1.09. The van der Waals surface area contributed by atoms with E-state index in [-0.39, 0.29) is 31.1 Å². The lowest BCUT2D eigenvalue weighted by Gasteiger charge is -2.19. The van der Waals surface area contributed by atoms with Gasteiger partial charge in [0.05, 0.1) is 0 Å². The summed E-state index contributed by atoms with van der Waals surface area (Å²) in [4.78, 5) is 33.5. The van der Waals surface area contributed by atoms with Crippen molar-refractivity contribution in [1.82, 2.24) is 5.32 Å². The van der Waals surface area contributed by atoms with Crippen molar-refractivity contribution in [2.45, 2.75) is 45.6 Å². The molecule has 2 amide bonds. The summed E-state index contributed by atoms with van der Waals surface area (Å²) in [5.74, 6) is -1.68. The van der Waals surface area contributed by atoms with Crippen molar-refractivity contribution in [2.75, 3.05) is 6.54 Å². The first-order chi connectivity index (χ1) is 9.26. The van der Waals surface area contributed by atoms with E-state index in [0.717, 1.165) is 6.42 Å². The first-order valence-electron chi connectivity index (χ1n) is 6.76. The number of nitrogens with one attached hydrogen (secondary N) is 1. The van der Waals surface area contributed by atoms with Gasteiger partial charge in [0.1, 0.15) is 6.04 Å². The minimum absolute atomic E-state index is 0.00607. The second kappa shape index (κ2) is 9.30. The first kappa shape index (κ1) is 18.4. The molecule has 0 aromatic carbocycles. The molecule has 116 valence electrons. The maximum absolute atomic E-state index is 11.8. The van der Waals surface area contributed by atoms with E-state index >= 15 is 0 Å². The Hall–Kier alpha value is -1.63. The normalized spacial score (nSPS) is 13.8. The zero-order valence-corrected chi connectivity index (χ0v) is 12.1. The summed E-state index contributed by atoms with van der Waals surface area (Å²) in [7, 11) is 0. The molecule has 7 nitrogen and oxygen atoms in total. The van der Waals surface area contributed by atoms with Crippen LogP contribution in [0.3, 0.4) is 0 Å². The Kier molecular flexibility index (Phi) is 8.54. The standard InChI is InChI=1S/C13H25N3O4/c1-8(2)5-9(7-14)6-12(18)16-10(13(19)20)3-4-11(15)17/h8-10H,3-7,14H2,1-2H3,(H2,15,17)(H,16,18)(H,19,20). The Morgan fingerprint density at radius 1 is 1.25 bits per heavy atom. The number of carboxylic acids is 1. The van der Waals surface area contributed by atoms with E-state index in [1.807, 2.05) is 13.8 Å². The van der Waals surface area contributed by atoms with E-state index in [1.54, 1.807) is 0 Å². The molecular formula is C13H25N3O4. The molecule has 7 heteroatoms. The summed E-state index contributed by atoms with van der Waals surface area (Å²) in [5, 5.41) is 11.4. The Morgan fingerprint density at radius 2 is 1.85 bits per heavy atom. The predicted octanol–water partition coefficient (Wildman–Crippen LogP) is -0.168. The molecular weight excluding hydrogens is 262 g/mol. The second-order valence-electron chi connectivity index (χ2n) is 5.40. The van der Waals surface area contributed by atoms with Crippen molar-refractivity contribution >= 4 is 17.8 Å². The Bertz CT molecular complexity index is 345. The molecule has 2 atom stereocenters. The van der Waals surface area contributed by atoms with E-state index in [4.69, 9.17) is 16.6 Å². The monoisotopic (exact) mass is 287 g/mol. The van der Waals surface area contributed by atoms with Crippen LogP contribution in [0.5, 0.6) is 0 Å². The number of primary amides is 1. The van der Waals surface area contributed by atoms with Gasteiger partial charge in [-0.2, -0.15) is 0 Å². The lowest BCUT2D eigenvalue weighted by atomic mass is 9.94. The fourth-order valence-corrected chi connectivity index (χ4v) is 1.99. The number of nitrogens with two attached hydrogens (primary N) is 2. The third-order valence-electron chi connectivity index (χ3n) is 2.92. The molecule has 0 saturated carbocycles. The molecule has 2 unspecified atom stereocenters. The summed E-state index contributed by atoms with van der Waals surface area (Å²) in [5.41, 5.74) is 10.6. The van der Waals surface area contributed by atoms with Gasteiger partial charge in [-0.3, -0.25) is 9.59 Å². The fraction of sp³-hybridized carbons (Fsp3) is 0.769. The van der Waals surface area contributed by atoms with Crippen molar-refractivity contribution in [3.63, 3.8) is 0 Å². The van der Waals surface area contributed by atoms with Crippen LogP contribution in [0.1, 0.15) is 39.5 Å². The van der Waals surface area contributed by atoms with Gasteiger partial charge < -0.3 is 21.9 Å². The maximum atomic E-state index is 11.8. The first-order valence-corrected chi connectivity index (χ1v) is 6.76. The molecule has 0 rings (SSSR count). The number of aliphatic carboxylic acids is 1. The van der Waals surface area contributed by atoms with E-state index in [9.17, 15) is 14.4 Å². The van der Waals surface area contributed by atoms with Crippen LogP contribution in [-0.2, 0) is 14.4 Å². The van der Waals surface area contributed by atoms with Gasteiger partial charge in [-0.25, -0.2) is 4.79 Å². The number of rotatable bonds is 10. The molecule has 6 N–H and O–H groups in total. The minimum atomic E-state index is -1.17. The maximum Gasteiger partial charge on any atom is 0.326 e. The van der Waals surface area contributed by atoms with Crippen molar-refractivity contribution in [1.29, 1.82) is 0 Å². The molecule has 0 fully saturated rings. The van der Waals surface area contributed by atoms with Crippen LogP contribution in [0.25, 0.3) is 0 Å². The van der Waals surface area contributed by atoms with Gasteiger partial charge in [0, 0.05) is 12.8 Å². The zero-order valence-electron chi connectivity index (χ0n) is 12.1. The number of carboxylic acid groups (broad SMARTS) is 1. The highest BCUT2D eigenvalue weighted by molar-refractivity contribution is 5.84. The fourth-order valence-electron chi connectivity index (χ4n) is 1.99. The van der Waals surface area contributed by atoms with Gasteiger partial charge in [0.25, 0.3) is 0 Å². The SMILES string of the molecule is CC(C)CC(CN)CC(=O)NC(CCC(N)=O)C(=O)O. The molecule has 0 saturated heterocycles. The van der Waals surface area contributed by atoms with Gasteiger partial charge in [-0.15, -0.1) is 0 Å². The van der Waals surface area contributed by atoms with E-state index in [2.05, 4.69) is 5.32 Å². The van der Waals surface area contributed by atoms with Crippen LogP contribution in [0.2, 0.25) is 0 Å². The van der Waals surface area contributed by atoms with Crippen LogP contribution in [0.15, 0.2) is 0 Å². The van der Waals surface area contributed by atoms with Crippen molar-refractivity contribution in [3.05, 3.63) is 0 Å². The smallest absolute Gasteiger partial charge is 0.326 e. The summed E-state index contributed by atoms with van der Waals surface area (Å²) >= 11 is 0. The minimum Gasteiger partial charge on any atom is -0.480 e. The number of carbonyl (C=O) groups is 3. The quantitative estimate of drug-likeness (QED) is 0.442. The molecule has 0 spiro atoms. The van der Waals surface area contributed by atoms with Crippen LogP contribution >= 0.6 is 0 Å². The molecule has 0 aliphatic heterocycles. The van der Waals surface area contributed by atoms with Crippen LogP contribution in [-0.4, -0.2) is 35.5 Å². The molecule has 0 aromatic rings. The largest absolute Gasteiger partial charge is 0.480 e. The number of hydrogen-bond donors (Lipinski definition) is 4. The Balaban J connectivity index is 4.37. The third-order valence-corrected chi connectivity index (χ3v) is 2.92. The summed E-state index contributed by atoms with van der Waals surface area (Å²) in [6.07, 6.45) is 0.912. The van der Waals surface area contributed by atoms with Crippen molar-refractivity contribution in [2.24, 2.45) is 23.3 Å². The van der Waals surface area contributed by atoms with Gasteiger partial charge in [0.15, 0.2) is 0 Å². The van der Waals surface area contributed by atoms with E-state index in [1.165, 1.54) is 0 Å². The van der Waals surface area contributed by atoms with Crippen molar-refractivity contribution < 1.29 is 19.5 Å². The number of hydrogen-bond acceptors (Lipinski definition) is 4. The Morgan fingerprint density at radius 3 is 2.25 bits per heavy atom. The summed E-state index contributed by atoms with van der Waals surface area (Å²) < 4.78 is 0. The molecule has 0 radical (unpaired) electrons. The molecule has 0 bridgehead atoms. The van der Waals surface area contributed by atoms with Crippen LogP contribution in [0.4, 0.5) is 0 Å². The Labute approximate surface area is 119 Å². The van der Waals surface area contributed by atoms with Gasteiger partial charge in [0.2, 0.25) is 11.8 Å². The van der Waals surface area contributed by atoms with Crippen LogP contribution in [0, 0.1) is 11.8 Å². The summed E-state index contributed by atoms with van der Waals surface area (Å²) in [6.45, 7) is 4.45. The third kappa shape index (κ3) is 8.47. The molecule has 0 aliphatic rings. The van der Waals surface area contributed by atoms with Gasteiger partial charge in [-0.05, 0) is 31.2 Å². The zero-order chi connectivity index (χ0) is 15.7. The number of carbonyl (C=O) groups excluding carboxylic acids is 2. The lowest BCUT2D eigenvalue weighted by Crippen LogP contribution is -2.42. The molecule has 0 aromatic heterocycles. The van der Waals surface area contributed by atoms with Gasteiger partial charge >= 0.3 is 5.97 Å². The molecule has 0 aliphatic carbocycles. The molecule has 20 heavy (non-hydrogen) atoms. The van der Waals surface area contributed by atoms with E-state index in [0.29, 0.717) is 12.5 Å². The highest BCUT2D eigenvalue weighted by Gasteiger charge is 2.22. The number of amides is 2. The average molecular weight is 287 g/mol. The van der Waals surface area contributed by atoms with E-state index < -0.39 is 17.9 Å². The highest BCUT2D eigenvalue weighted by atomic mass is 16.4. The van der Waals surface area contributed by atoms with Crippen LogP contribution < -0.4 is 16.8 Å². The van der Waals surface area contributed by atoms with Crippen molar-refractivity contribution in [3.8, 4) is 0 Å². The highest BCUT2D eigenvalue weighted by Crippen LogP contribution is 2.14. The second-order valence-corrected chi connectivity index (χ2v) is 5.40. The predicted molar refractivity (Wildman–Crippen MR) is 74.6 cm³/mol. The lowest BCUT2D eigenvalue weighted by molar-refractivity contribution is -0.142. The van der Waals surface area contributed by atoms with Gasteiger partial charge in [-0.1, -0.05) is 13.8 Å². The average Bonchev–Trinajstić information content (AvgIpc) is 2.32.